The number of aryl methyl sites for hydroxylation is 3. The Bertz CT molecular complexity index is 1730. The van der Waals surface area contributed by atoms with E-state index in [-0.39, 0.29) is 5.91 Å². The molecule has 0 saturated carbocycles. The minimum Gasteiger partial charge on any atom is -0.466 e. The number of amides is 1. The average Bonchev–Trinajstić information content (AvgIpc) is 3.55. The van der Waals surface area contributed by atoms with Gasteiger partial charge < -0.3 is 14.3 Å². The minimum atomic E-state index is -0.314. The summed E-state index contributed by atoms with van der Waals surface area (Å²) >= 11 is 0. The Morgan fingerprint density at radius 2 is 1.89 bits per heavy atom. The van der Waals surface area contributed by atoms with Crippen molar-refractivity contribution in [1.29, 1.82) is 0 Å². The van der Waals surface area contributed by atoms with E-state index in [0.717, 1.165) is 22.4 Å². The molecule has 35 heavy (non-hydrogen) atoms. The minimum absolute atomic E-state index is 0.295. The number of para-hydroxylation sites is 2. The van der Waals surface area contributed by atoms with Crippen LogP contribution in [0.15, 0.2) is 70.0 Å². The number of carbonyl (C=O) groups excluding carboxylic acids is 1. The van der Waals surface area contributed by atoms with Crippen molar-refractivity contribution in [1.82, 2.24) is 24.7 Å². The smallest absolute Gasteiger partial charge is 0.259 e. The summed E-state index contributed by atoms with van der Waals surface area (Å²) in [6, 6.07) is 15.1. The van der Waals surface area contributed by atoms with Crippen molar-refractivity contribution in [3.8, 4) is 17.1 Å². The molecule has 0 atom stereocenters. The summed E-state index contributed by atoms with van der Waals surface area (Å²) in [5.74, 6) is 1.86. The van der Waals surface area contributed by atoms with Gasteiger partial charge in [0.25, 0.3) is 11.6 Å². The maximum atomic E-state index is 13.4. The van der Waals surface area contributed by atoms with Gasteiger partial charge in [-0.3, -0.25) is 9.36 Å². The Kier molecular flexibility index (Phi) is 4.70. The number of aromatic nitrogens is 5. The zero-order valence-corrected chi connectivity index (χ0v) is 19.2. The van der Waals surface area contributed by atoms with Crippen molar-refractivity contribution in [2.45, 2.75) is 20.8 Å². The van der Waals surface area contributed by atoms with E-state index in [1.165, 1.54) is 0 Å². The van der Waals surface area contributed by atoms with E-state index in [4.69, 9.17) is 8.94 Å². The van der Waals surface area contributed by atoms with Gasteiger partial charge in [0.2, 0.25) is 0 Å². The molecular weight excluding hydrogens is 444 g/mol. The predicted octanol–water partition coefficient (Wildman–Crippen LogP) is 5.39. The number of hydrogen-bond acceptors (Lipinski definition) is 7. The number of rotatable bonds is 4. The number of imidazole rings is 1. The molecule has 0 unspecified atom stereocenters. The monoisotopic (exact) mass is 464 g/mol. The van der Waals surface area contributed by atoms with Crippen molar-refractivity contribution in [2.24, 2.45) is 0 Å². The lowest BCUT2D eigenvalue weighted by atomic mass is 10.1. The van der Waals surface area contributed by atoms with E-state index in [0.29, 0.717) is 45.3 Å². The van der Waals surface area contributed by atoms with Crippen molar-refractivity contribution < 1.29 is 13.7 Å². The SMILES string of the molecule is Cc1cc(-c2cc(C(=O)Nc3ccc(-n4cnc5ccccc54)nc3)c3c(C)noc3n2)c(C)o1. The highest BCUT2D eigenvalue weighted by molar-refractivity contribution is 6.13. The van der Waals surface area contributed by atoms with Gasteiger partial charge in [0, 0.05) is 5.56 Å². The largest absolute Gasteiger partial charge is 0.466 e. The highest BCUT2D eigenvalue weighted by Gasteiger charge is 2.21. The molecule has 0 aliphatic rings. The number of benzene rings is 1. The van der Waals surface area contributed by atoms with E-state index >= 15 is 0 Å². The molecule has 0 bridgehead atoms. The molecule has 172 valence electrons. The second kappa shape index (κ2) is 7.91. The van der Waals surface area contributed by atoms with Crippen LogP contribution >= 0.6 is 0 Å². The Labute approximate surface area is 199 Å². The fourth-order valence-corrected chi connectivity index (χ4v) is 4.24. The van der Waals surface area contributed by atoms with Crippen LogP contribution in [-0.2, 0) is 0 Å². The number of anilines is 1. The van der Waals surface area contributed by atoms with Gasteiger partial charge in [-0.1, -0.05) is 17.3 Å². The Morgan fingerprint density at radius 1 is 1.03 bits per heavy atom. The third kappa shape index (κ3) is 3.54. The fourth-order valence-electron chi connectivity index (χ4n) is 4.24. The van der Waals surface area contributed by atoms with Gasteiger partial charge in [-0.25, -0.2) is 15.0 Å². The van der Waals surface area contributed by atoms with Crippen LogP contribution in [0.5, 0.6) is 0 Å². The molecule has 6 rings (SSSR count). The topological polar surface area (TPSA) is 112 Å². The number of hydrogen-bond donors (Lipinski definition) is 1. The summed E-state index contributed by atoms with van der Waals surface area (Å²) in [6.45, 7) is 5.50. The molecular formula is C26H20N6O3. The molecule has 0 fully saturated rings. The van der Waals surface area contributed by atoms with Gasteiger partial charge in [0.15, 0.2) is 0 Å². The summed E-state index contributed by atoms with van der Waals surface area (Å²) in [7, 11) is 0. The first-order valence-corrected chi connectivity index (χ1v) is 11.0. The zero-order chi connectivity index (χ0) is 24.1. The summed E-state index contributed by atoms with van der Waals surface area (Å²) in [5.41, 5.74) is 5.06. The van der Waals surface area contributed by atoms with Crippen LogP contribution < -0.4 is 5.32 Å². The molecule has 0 saturated heterocycles. The molecule has 5 aromatic heterocycles. The van der Waals surface area contributed by atoms with E-state index in [9.17, 15) is 4.79 Å². The number of carbonyl (C=O) groups is 1. The van der Waals surface area contributed by atoms with Crippen LogP contribution in [0.4, 0.5) is 5.69 Å². The van der Waals surface area contributed by atoms with Crippen molar-refractivity contribution >= 4 is 33.7 Å². The number of nitrogens with zero attached hydrogens (tertiary/aromatic N) is 5. The van der Waals surface area contributed by atoms with Crippen LogP contribution in [-0.4, -0.2) is 30.6 Å². The lowest BCUT2D eigenvalue weighted by Crippen LogP contribution is -2.13. The Morgan fingerprint density at radius 3 is 2.66 bits per heavy atom. The van der Waals surface area contributed by atoms with Gasteiger partial charge in [-0.05, 0) is 57.2 Å². The van der Waals surface area contributed by atoms with Crippen molar-refractivity contribution in [3.05, 3.63) is 83.8 Å². The van der Waals surface area contributed by atoms with Gasteiger partial charge in [-0.15, -0.1) is 0 Å². The number of pyridine rings is 2. The third-order valence-corrected chi connectivity index (χ3v) is 5.88. The van der Waals surface area contributed by atoms with Crippen molar-refractivity contribution in [2.75, 3.05) is 5.32 Å². The standard InChI is InChI=1S/C26H20N6O3/c1-14-10-18(16(3)34-14)21-11-19(24-15(2)31-35-26(24)30-21)25(33)29-17-8-9-23(27-12-17)32-13-28-20-6-4-5-7-22(20)32/h4-13H,1-3H3,(H,29,33). The molecule has 0 aliphatic heterocycles. The molecule has 9 nitrogen and oxygen atoms in total. The van der Waals surface area contributed by atoms with E-state index < -0.39 is 0 Å². The van der Waals surface area contributed by atoms with E-state index in [1.807, 2.05) is 54.8 Å². The predicted molar refractivity (Wildman–Crippen MR) is 131 cm³/mol. The number of nitrogens with one attached hydrogen (secondary N) is 1. The molecule has 5 heterocycles. The molecule has 1 aromatic carbocycles. The molecule has 9 heteroatoms. The molecule has 0 radical (unpaired) electrons. The van der Waals surface area contributed by atoms with Gasteiger partial charge >= 0.3 is 0 Å². The van der Waals surface area contributed by atoms with E-state index in [1.54, 1.807) is 31.6 Å². The first-order valence-electron chi connectivity index (χ1n) is 11.0. The first kappa shape index (κ1) is 20.8. The Hall–Kier alpha value is -4.79. The fraction of sp³-hybridized carbons (Fsp3) is 0.115. The average molecular weight is 464 g/mol. The molecule has 1 amide bonds. The van der Waals surface area contributed by atoms with Gasteiger partial charge in [0.1, 0.15) is 23.7 Å². The third-order valence-electron chi connectivity index (χ3n) is 5.88. The number of furan rings is 1. The van der Waals surface area contributed by atoms with Gasteiger partial charge in [-0.2, -0.15) is 0 Å². The lowest BCUT2D eigenvalue weighted by molar-refractivity contribution is 0.102. The van der Waals surface area contributed by atoms with Crippen molar-refractivity contribution in [3.63, 3.8) is 0 Å². The lowest BCUT2D eigenvalue weighted by Gasteiger charge is -2.09. The van der Waals surface area contributed by atoms with Crippen LogP contribution in [0, 0.1) is 20.8 Å². The Balaban J connectivity index is 1.34. The highest BCUT2D eigenvalue weighted by Crippen LogP contribution is 2.31. The molecule has 6 aromatic rings. The normalized spacial score (nSPS) is 11.4. The maximum absolute atomic E-state index is 13.4. The second-order valence-electron chi connectivity index (χ2n) is 8.29. The summed E-state index contributed by atoms with van der Waals surface area (Å²) in [4.78, 5) is 26.9. The quantitative estimate of drug-likeness (QED) is 0.372. The summed E-state index contributed by atoms with van der Waals surface area (Å²) in [5, 5.41) is 7.51. The maximum Gasteiger partial charge on any atom is 0.259 e. The second-order valence-corrected chi connectivity index (χ2v) is 8.29. The zero-order valence-electron chi connectivity index (χ0n) is 19.2. The number of fused-ring (bicyclic) bond motifs is 2. The molecule has 0 aliphatic carbocycles. The highest BCUT2D eigenvalue weighted by atomic mass is 16.5. The molecule has 1 N–H and O–H groups in total. The van der Waals surface area contributed by atoms with Crippen LogP contribution in [0.25, 0.3) is 39.2 Å². The van der Waals surface area contributed by atoms with E-state index in [2.05, 4.69) is 25.4 Å². The van der Waals surface area contributed by atoms with Gasteiger partial charge in [0.05, 0.1) is 45.3 Å². The van der Waals surface area contributed by atoms with Crippen LogP contribution in [0.2, 0.25) is 0 Å². The summed E-state index contributed by atoms with van der Waals surface area (Å²) < 4.78 is 12.9. The molecule has 0 spiro atoms. The van der Waals surface area contributed by atoms with Crippen LogP contribution in [0.3, 0.4) is 0 Å². The van der Waals surface area contributed by atoms with Crippen LogP contribution in [0.1, 0.15) is 27.6 Å². The summed E-state index contributed by atoms with van der Waals surface area (Å²) in [6.07, 6.45) is 3.35. The first-order chi connectivity index (χ1) is 17.0.